The molecule has 2 heterocycles. The Balaban J connectivity index is 2.09. The molecule has 0 bridgehead atoms. The molecule has 19 heavy (non-hydrogen) atoms. The van der Waals surface area contributed by atoms with Gasteiger partial charge in [0.05, 0.1) is 10.6 Å². The molecule has 0 unspecified atom stereocenters. The van der Waals surface area contributed by atoms with Gasteiger partial charge in [-0.2, -0.15) is 5.10 Å². The van der Waals surface area contributed by atoms with Crippen molar-refractivity contribution < 1.29 is 4.79 Å². The number of carbonyl (C=O) groups is 1. The smallest absolute Gasteiger partial charge is 0.267 e. The molecule has 98 valence electrons. The van der Waals surface area contributed by atoms with E-state index in [9.17, 15) is 4.79 Å². The maximum absolute atomic E-state index is 11.9. The van der Waals surface area contributed by atoms with Crippen molar-refractivity contribution in [1.82, 2.24) is 10.4 Å². The Morgan fingerprint density at radius 3 is 2.79 bits per heavy atom. The van der Waals surface area contributed by atoms with Crippen LogP contribution in [0, 0.1) is 0 Å². The first kappa shape index (κ1) is 13.4. The van der Waals surface area contributed by atoms with Gasteiger partial charge in [-0.3, -0.25) is 9.78 Å². The van der Waals surface area contributed by atoms with E-state index in [0.29, 0.717) is 5.56 Å². The fourth-order valence-corrected chi connectivity index (χ4v) is 2.34. The Morgan fingerprint density at radius 1 is 1.37 bits per heavy atom. The fourth-order valence-electron chi connectivity index (χ4n) is 1.60. The van der Waals surface area contributed by atoms with Crippen LogP contribution in [0.5, 0.6) is 0 Å². The Labute approximate surface area is 116 Å². The third-order valence-corrected chi connectivity index (χ3v) is 3.45. The van der Waals surface area contributed by atoms with Crippen molar-refractivity contribution in [2.75, 3.05) is 0 Å². The summed E-state index contributed by atoms with van der Waals surface area (Å²) in [6, 6.07) is 7.32. The number of rotatable bonds is 5. The summed E-state index contributed by atoms with van der Waals surface area (Å²) in [4.78, 5) is 16.9. The standard InChI is InChI=1S/C14H15N3OS/c1-2-4-12(13-5-3-10-19-13)16-17-14(18)11-6-8-15-9-7-11/h3,5-10H,2,4H2,1H3,(H,17,18)/b16-12+. The van der Waals surface area contributed by atoms with E-state index in [4.69, 9.17) is 0 Å². The highest BCUT2D eigenvalue weighted by atomic mass is 32.1. The SMILES string of the molecule is CCC/C(=N\NC(=O)c1ccncc1)c1cccs1. The summed E-state index contributed by atoms with van der Waals surface area (Å²) in [7, 11) is 0. The lowest BCUT2D eigenvalue weighted by molar-refractivity contribution is 0.0954. The first-order valence-corrected chi connectivity index (χ1v) is 7.00. The van der Waals surface area contributed by atoms with Crippen LogP contribution in [0.4, 0.5) is 0 Å². The highest BCUT2D eigenvalue weighted by molar-refractivity contribution is 7.12. The fraction of sp³-hybridized carbons (Fsp3) is 0.214. The summed E-state index contributed by atoms with van der Waals surface area (Å²) in [5.41, 5.74) is 4.07. The monoisotopic (exact) mass is 273 g/mol. The van der Waals surface area contributed by atoms with Crippen molar-refractivity contribution in [3.8, 4) is 0 Å². The van der Waals surface area contributed by atoms with Crippen molar-refractivity contribution in [3.63, 3.8) is 0 Å². The average molecular weight is 273 g/mol. The van der Waals surface area contributed by atoms with Gasteiger partial charge < -0.3 is 0 Å². The van der Waals surface area contributed by atoms with Gasteiger partial charge in [0.2, 0.25) is 0 Å². The molecule has 0 aliphatic carbocycles. The molecule has 4 nitrogen and oxygen atoms in total. The molecule has 0 aliphatic rings. The van der Waals surface area contributed by atoms with Crippen molar-refractivity contribution in [1.29, 1.82) is 0 Å². The van der Waals surface area contributed by atoms with Gasteiger partial charge in [-0.1, -0.05) is 19.4 Å². The first-order chi connectivity index (χ1) is 9.31. The Hall–Kier alpha value is -2.01. The second-order valence-electron chi connectivity index (χ2n) is 3.96. The highest BCUT2D eigenvalue weighted by Gasteiger charge is 2.07. The van der Waals surface area contributed by atoms with Crippen LogP contribution >= 0.6 is 11.3 Å². The van der Waals surface area contributed by atoms with Crippen molar-refractivity contribution in [2.45, 2.75) is 19.8 Å². The van der Waals surface area contributed by atoms with E-state index in [-0.39, 0.29) is 5.91 Å². The van der Waals surface area contributed by atoms with Crippen LogP contribution < -0.4 is 5.43 Å². The number of nitrogens with one attached hydrogen (secondary N) is 1. The minimum Gasteiger partial charge on any atom is -0.267 e. The van der Waals surface area contributed by atoms with E-state index in [0.717, 1.165) is 23.4 Å². The van der Waals surface area contributed by atoms with Gasteiger partial charge in [-0.05, 0) is 30.0 Å². The molecule has 2 aromatic rings. The Bertz CT molecular complexity index is 549. The summed E-state index contributed by atoms with van der Waals surface area (Å²) < 4.78 is 0. The summed E-state index contributed by atoms with van der Waals surface area (Å²) in [6.45, 7) is 2.09. The molecule has 0 aliphatic heterocycles. The quantitative estimate of drug-likeness (QED) is 0.672. The van der Waals surface area contributed by atoms with E-state index in [1.165, 1.54) is 0 Å². The van der Waals surface area contributed by atoms with Crippen LogP contribution in [-0.2, 0) is 0 Å². The molecule has 1 amide bonds. The lowest BCUT2D eigenvalue weighted by atomic mass is 10.2. The predicted molar refractivity (Wildman–Crippen MR) is 77.5 cm³/mol. The van der Waals surface area contributed by atoms with Gasteiger partial charge in [0.25, 0.3) is 5.91 Å². The molecule has 1 N–H and O–H groups in total. The predicted octanol–water partition coefficient (Wildman–Crippen LogP) is 3.08. The minimum absolute atomic E-state index is 0.215. The number of carbonyl (C=O) groups excluding carboxylic acids is 1. The van der Waals surface area contributed by atoms with Crippen LogP contribution in [0.15, 0.2) is 47.1 Å². The number of thiophene rings is 1. The molecule has 0 atom stereocenters. The number of hydrazone groups is 1. The van der Waals surface area contributed by atoms with Gasteiger partial charge in [-0.25, -0.2) is 5.43 Å². The van der Waals surface area contributed by atoms with Gasteiger partial charge in [-0.15, -0.1) is 11.3 Å². The van der Waals surface area contributed by atoms with Gasteiger partial charge in [0.1, 0.15) is 0 Å². The van der Waals surface area contributed by atoms with Gasteiger partial charge in [0, 0.05) is 18.0 Å². The van der Waals surface area contributed by atoms with Crippen molar-refractivity contribution in [2.24, 2.45) is 5.10 Å². The zero-order valence-electron chi connectivity index (χ0n) is 10.7. The Morgan fingerprint density at radius 2 is 2.16 bits per heavy atom. The number of aromatic nitrogens is 1. The second-order valence-corrected chi connectivity index (χ2v) is 4.91. The molecule has 0 spiro atoms. The lowest BCUT2D eigenvalue weighted by Gasteiger charge is -2.04. The molecule has 2 rings (SSSR count). The number of hydrogen-bond donors (Lipinski definition) is 1. The largest absolute Gasteiger partial charge is 0.271 e. The first-order valence-electron chi connectivity index (χ1n) is 6.12. The molecule has 0 saturated heterocycles. The number of nitrogens with zero attached hydrogens (tertiary/aromatic N) is 2. The van der Waals surface area contributed by atoms with E-state index in [1.807, 2.05) is 17.5 Å². The van der Waals surface area contributed by atoms with Crippen molar-refractivity contribution >= 4 is 23.0 Å². The molecule has 2 aromatic heterocycles. The van der Waals surface area contributed by atoms with E-state index in [2.05, 4.69) is 22.4 Å². The normalized spacial score (nSPS) is 11.3. The Kier molecular flexibility index (Phi) is 4.80. The topological polar surface area (TPSA) is 54.4 Å². The summed E-state index contributed by atoms with van der Waals surface area (Å²) in [5, 5.41) is 6.24. The molecule has 5 heteroatoms. The summed E-state index contributed by atoms with van der Waals surface area (Å²) >= 11 is 1.63. The molecular weight excluding hydrogens is 258 g/mol. The molecule has 0 saturated carbocycles. The number of amides is 1. The van der Waals surface area contributed by atoms with Crippen LogP contribution in [-0.4, -0.2) is 16.6 Å². The maximum Gasteiger partial charge on any atom is 0.271 e. The van der Waals surface area contributed by atoms with Crippen LogP contribution in [0.3, 0.4) is 0 Å². The highest BCUT2D eigenvalue weighted by Crippen LogP contribution is 2.13. The second kappa shape index (κ2) is 6.80. The van der Waals surface area contributed by atoms with Gasteiger partial charge in [0.15, 0.2) is 0 Å². The van der Waals surface area contributed by atoms with Gasteiger partial charge >= 0.3 is 0 Å². The van der Waals surface area contributed by atoms with Crippen LogP contribution in [0.1, 0.15) is 35.0 Å². The minimum atomic E-state index is -0.215. The maximum atomic E-state index is 11.9. The molecular formula is C14H15N3OS. The van der Waals surface area contributed by atoms with Crippen LogP contribution in [0.25, 0.3) is 0 Å². The summed E-state index contributed by atoms with van der Waals surface area (Å²) in [6.07, 6.45) is 5.01. The third-order valence-electron chi connectivity index (χ3n) is 2.53. The lowest BCUT2D eigenvalue weighted by Crippen LogP contribution is -2.19. The van der Waals surface area contributed by atoms with E-state index in [1.54, 1.807) is 35.9 Å². The van der Waals surface area contributed by atoms with Crippen molar-refractivity contribution in [3.05, 3.63) is 52.5 Å². The molecule has 0 radical (unpaired) electrons. The molecule has 0 aromatic carbocycles. The zero-order valence-corrected chi connectivity index (χ0v) is 11.5. The number of hydrogen-bond acceptors (Lipinski definition) is 4. The summed E-state index contributed by atoms with van der Waals surface area (Å²) in [5.74, 6) is -0.215. The van der Waals surface area contributed by atoms with E-state index < -0.39 is 0 Å². The number of pyridine rings is 1. The van der Waals surface area contributed by atoms with Crippen LogP contribution in [0.2, 0.25) is 0 Å². The zero-order chi connectivity index (χ0) is 13.5. The average Bonchev–Trinajstić information content (AvgIpc) is 2.98. The third kappa shape index (κ3) is 3.72. The molecule has 0 fully saturated rings. The van der Waals surface area contributed by atoms with E-state index >= 15 is 0 Å².